The highest BCUT2D eigenvalue weighted by molar-refractivity contribution is 8.76. The third-order valence-corrected chi connectivity index (χ3v) is 7.50. The molecule has 0 aliphatic carbocycles. The van der Waals surface area contributed by atoms with Crippen molar-refractivity contribution in [2.75, 3.05) is 0 Å². The molecule has 0 aliphatic heterocycles. The van der Waals surface area contributed by atoms with Crippen LogP contribution in [0.2, 0.25) is 0 Å². The van der Waals surface area contributed by atoms with Gasteiger partial charge in [-0.2, -0.15) is 0 Å². The standard InChI is InChI=1S/C20H18O2S4/c1-13(2)19(21)23-15-5-9-17(10-6-15)25-26-18-11-7-16(8-12-18)24-20(22)14(3)4/h5-12H,1,3H2,2,4H3. The molecule has 2 aromatic rings. The SMILES string of the molecule is C=C(C)C(=O)Sc1ccc(SSc2ccc(SC(=O)C(=C)C)cc2)cc1. The Balaban J connectivity index is 1.88. The molecular formula is C20H18O2S4. The normalized spacial score (nSPS) is 10.4. The number of hydrogen-bond donors (Lipinski definition) is 0. The topological polar surface area (TPSA) is 34.1 Å². The van der Waals surface area contributed by atoms with Gasteiger partial charge in [0, 0.05) is 19.6 Å². The van der Waals surface area contributed by atoms with E-state index in [9.17, 15) is 9.59 Å². The van der Waals surface area contributed by atoms with Crippen molar-refractivity contribution in [3.63, 3.8) is 0 Å². The van der Waals surface area contributed by atoms with Crippen molar-refractivity contribution in [1.82, 2.24) is 0 Å². The molecule has 2 aromatic carbocycles. The second-order valence-corrected chi connectivity index (χ2v) is 9.82. The van der Waals surface area contributed by atoms with Crippen molar-refractivity contribution in [1.29, 1.82) is 0 Å². The summed E-state index contributed by atoms with van der Waals surface area (Å²) in [5.41, 5.74) is 1.10. The van der Waals surface area contributed by atoms with E-state index in [0.29, 0.717) is 11.1 Å². The highest BCUT2D eigenvalue weighted by atomic mass is 33.1. The highest BCUT2D eigenvalue weighted by Gasteiger charge is 2.07. The van der Waals surface area contributed by atoms with Crippen LogP contribution in [0.25, 0.3) is 0 Å². The van der Waals surface area contributed by atoms with Gasteiger partial charge in [0.1, 0.15) is 0 Å². The maximum atomic E-state index is 11.7. The van der Waals surface area contributed by atoms with Crippen LogP contribution in [0.4, 0.5) is 0 Å². The summed E-state index contributed by atoms with van der Waals surface area (Å²) in [7, 11) is 3.30. The van der Waals surface area contributed by atoms with Gasteiger partial charge in [-0.25, -0.2) is 0 Å². The molecule has 0 aliphatic rings. The molecule has 0 N–H and O–H groups in total. The van der Waals surface area contributed by atoms with Gasteiger partial charge in [-0.05, 0) is 97.0 Å². The fraction of sp³-hybridized carbons (Fsp3) is 0.100. The van der Waals surface area contributed by atoms with E-state index in [1.807, 2.05) is 48.5 Å². The Morgan fingerprint density at radius 2 is 0.885 bits per heavy atom. The summed E-state index contributed by atoms with van der Waals surface area (Å²) in [6, 6.07) is 15.8. The number of benzene rings is 2. The summed E-state index contributed by atoms with van der Waals surface area (Å²) in [5.74, 6) is 0. The molecule has 0 unspecified atom stereocenters. The summed E-state index contributed by atoms with van der Waals surface area (Å²) < 4.78 is 0. The van der Waals surface area contributed by atoms with Crippen molar-refractivity contribution in [3.05, 3.63) is 72.8 Å². The molecular weight excluding hydrogens is 400 g/mol. The third-order valence-electron chi connectivity index (χ3n) is 3.00. The molecule has 134 valence electrons. The monoisotopic (exact) mass is 418 g/mol. The smallest absolute Gasteiger partial charge is 0.219 e. The Morgan fingerprint density at radius 3 is 1.15 bits per heavy atom. The van der Waals surface area contributed by atoms with E-state index in [1.165, 1.54) is 23.5 Å². The zero-order valence-electron chi connectivity index (χ0n) is 14.5. The fourth-order valence-electron chi connectivity index (χ4n) is 1.61. The van der Waals surface area contributed by atoms with E-state index in [-0.39, 0.29) is 10.2 Å². The average Bonchev–Trinajstić information content (AvgIpc) is 2.62. The molecule has 6 heteroatoms. The third kappa shape index (κ3) is 6.76. The average molecular weight is 419 g/mol. The molecule has 0 fully saturated rings. The van der Waals surface area contributed by atoms with E-state index in [1.54, 1.807) is 35.4 Å². The first-order valence-electron chi connectivity index (χ1n) is 7.65. The highest BCUT2D eigenvalue weighted by Crippen LogP contribution is 2.38. The predicted octanol–water partition coefficient (Wildman–Crippen LogP) is 6.88. The Labute approximate surface area is 170 Å². The molecule has 2 rings (SSSR count). The van der Waals surface area contributed by atoms with Crippen LogP contribution in [0, 0.1) is 0 Å². The summed E-state index contributed by atoms with van der Waals surface area (Å²) in [6.07, 6.45) is 0. The molecule has 0 saturated heterocycles. The van der Waals surface area contributed by atoms with E-state index in [2.05, 4.69) is 13.2 Å². The Hall–Kier alpha value is -1.34. The van der Waals surface area contributed by atoms with Gasteiger partial charge < -0.3 is 0 Å². The second-order valence-electron chi connectivity index (χ2n) is 5.45. The summed E-state index contributed by atoms with van der Waals surface area (Å²) in [6.45, 7) is 10.8. The molecule has 0 amide bonds. The minimum absolute atomic E-state index is 0.0112. The zero-order chi connectivity index (χ0) is 19.1. The lowest BCUT2D eigenvalue weighted by molar-refractivity contribution is -0.108. The second kappa shape index (κ2) is 10.1. The Kier molecular flexibility index (Phi) is 8.15. The van der Waals surface area contributed by atoms with Gasteiger partial charge in [0.05, 0.1) is 0 Å². The van der Waals surface area contributed by atoms with Crippen molar-refractivity contribution >= 4 is 55.3 Å². The lowest BCUT2D eigenvalue weighted by Crippen LogP contribution is -1.90. The van der Waals surface area contributed by atoms with Crippen LogP contribution in [0.3, 0.4) is 0 Å². The minimum atomic E-state index is -0.0112. The van der Waals surface area contributed by atoms with Gasteiger partial charge in [-0.1, -0.05) is 34.7 Å². The Bertz CT molecular complexity index is 752. The van der Waals surface area contributed by atoms with Gasteiger partial charge in [-0.3, -0.25) is 9.59 Å². The molecule has 0 heterocycles. The minimum Gasteiger partial charge on any atom is -0.282 e. The van der Waals surface area contributed by atoms with Gasteiger partial charge in [0.2, 0.25) is 10.2 Å². The molecule has 26 heavy (non-hydrogen) atoms. The lowest BCUT2D eigenvalue weighted by atomic mass is 10.4. The predicted molar refractivity (Wildman–Crippen MR) is 116 cm³/mol. The van der Waals surface area contributed by atoms with Crippen LogP contribution in [-0.2, 0) is 9.59 Å². The number of rotatable bonds is 7. The van der Waals surface area contributed by atoms with E-state index >= 15 is 0 Å². The van der Waals surface area contributed by atoms with Crippen LogP contribution >= 0.6 is 45.1 Å². The summed E-state index contributed by atoms with van der Waals surface area (Å²) in [4.78, 5) is 27.4. The number of thioether (sulfide) groups is 2. The van der Waals surface area contributed by atoms with Crippen molar-refractivity contribution < 1.29 is 9.59 Å². The largest absolute Gasteiger partial charge is 0.282 e. The van der Waals surface area contributed by atoms with Gasteiger partial charge in [0.25, 0.3) is 0 Å². The van der Waals surface area contributed by atoms with Crippen LogP contribution in [0.15, 0.2) is 92.4 Å². The van der Waals surface area contributed by atoms with Crippen LogP contribution in [0.5, 0.6) is 0 Å². The lowest BCUT2D eigenvalue weighted by Gasteiger charge is -2.05. The number of hydrogen-bond acceptors (Lipinski definition) is 6. The van der Waals surface area contributed by atoms with E-state index in [4.69, 9.17) is 0 Å². The van der Waals surface area contributed by atoms with Crippen molar-refractivity contribution in [3.8, 4) is 0 Å². The molecule has 0 atom stereocenters. The van der Waals surface area contributed by atoms with Gasteiger partial charge in [0.15, 0.2) is 0 Å². The van der Waals surface area contributed by atoms with Gasteiger partial charge in [-0.15, -0.1) is 0 Å². The Morgan fingerprint density at radius 1 is 0.615 bits per heavy atom. The molecule has 0 bridgehead atoms. The van der Waals surface area contributed by atoms with Crippen LogP contribution in [0.1, 0.15) is 13.8 Å². The first-order chi connectivity index (χ1) is 12.3. The molecule has 2 nitrogen and oxygen atoms in total. The van der Waals surface area contributed by atoms with E-state index < -0.39 is 0 Å². The molecule has 0 saturated carbocycles. The van der Waals surface area contributed by atoms with Crippen molar-refractivity contribution in [2.24, 2.45) is 0 Å². The quantitative estimate of drug-likeness (QED) is 0.277. The fourth-order valence-corrected chi connectivity index (χ4v) is 4.86. The van der Waals surface area contributed by atoms with Gasteiger partial charge >= 0.3 is 0 Å². The number of carbonyl (C=O) groups excluding carboxylic acids is 2. The zero-order valence-corrected chi connectivity index (χ0v) is 17.7. The summed E-state index contributed by atoms with van der Waals surface area (Å²) in [5, 5.41) is -0.0225. The molecule has 0 spiro atoms. The van der Waals surface area contributed by atoms with Crippen LogP contribution in [-0.4, -0.2) is 10.2 Å². The van der Waals surface area contributed by atoms with Crippen molar-refractivity contribution in [2.45, 2.75) is 33.4 Å². The first-order valence-corrected chi connectivity index (χ1v) is 11.4. The maximum absolute atomic E-state index is 11.7. The van der Waals surface area contributed by atoms with Crippen LogP contribution < -0.4 is 0 Å². The first kappa shape index (κ1) is 21.0. The maximum Gasteiger partial charge on any atom is 0.219 e. The summed E-state index contributed by atoms with van der Waals surface area (Å²) >= 11 is 2.39. The molecule has 0 radical (unpaired) electrons. The van der Waals surface area contributed by atoms with E-state index in [0.717, 1.165) is 19.6 Å². The molecule has 0 aromatic heterocycles. The number of carbonyl (C=O) groups is 2.